The number of carbonyl (C=O) groups is 3. The molecular weight excluding hydrogens is 995 g/mol. The number of hydrogen-bond donors (Lipinski definition) is 2. The maximum absolute atomic E-state index is 14.9. The predicted octanol–water partition coefficient (Wildman–Crippen LogP) is 8.09. The fourth-order valence-electron chi connectivity index (χ4n) is 11.7. The standard InChI is InChI=1S/C58H91NO16Si/c1-17-32(2)50-35(5)23-24-57(74-50)29-42-26-41(73-57)22-21-34(4)49(33(3)19-18-20-40-31-66-54-51(75-76(15,16)56(10,11)12)36(6)25-43(55(62)69-42)58(40,54)63)71-47-28-45(65-14)53(38(8)68-47)72-48-27-44(64-13)52(37(7)67-48)70-46(61)30-59-39(9)60/h18-21,23-25,32-33,35,37-38,41-45,47-54,63H,17,22,26-31H2,1-16H3,(H,59,60)/b19-18+,34-21+,40-20+/t32-,33-,35-,37-,38-,41+,42-,43-,44+,45+,47-,48-,49-,50+,51+,52-,53-,54+,57+,58+/m0/s1. The van der Waals surface area contributed by atoms with E-state index in [1.54, 1.807) is 21.1 Å². The largest absolute Gasteiger partial charge is 0.462 e. The van der Waals surface area contributed by atoms with Crippen LogP contribution in [0.5, 0.6) is 0 Å². The number of amides is 1. The predicted molar refractivity (Wildman–Crippen MR) is 286 cm³/mol. The number of nitrogens with one attached hydrogen (secondary N) is 1. The highest BCUT2D eigenvalue weighted by Gasteiger charge is 2.62. The molecule has 0 unspecified atom stereocenters. The first kappa shape index (κ1) is 60.5. The van der Waals surface area contributed by atoms with E-state index in [2.05, 4.69) is 86.0 Å². The van der Waals surface area contributed by atoms with Crippen molar-refractivity contribution in [3.05, 3.63) is 59.3 Å². The SMILES string of the molecule is CC[C@H](C)[C@H]1O[C@]2(C=C[C@@H]1C)C[C@@H]1C[C@@H](C/C=C(\C)[C@@H](O[C@H]3C[C@@H](OC)[C@@H](O[C@H]4C[C@@H](OC)[C@@H](OC(=O)CNC(C)=O)[C@H](C)O4)[C@H](C)O3)[C@@H](C)/C=C/C=C3\CO[C@@H]4[C@H](O[Si](C)(C)C(C)(C)C)C(C)=C[C@@H](C(=O)O1)[C@]34O)O2. The molecule has 6 aliphatic heterocycles. The summed E-state index contributed by atoms with van der Waals surface area (Å²) < 4.78 is 78.3. The van der Waals surface area contributed by atoms with Crippen molar-refractivity contribution < 1.29 is 76.0 Å². The van der Waals surface area contributed by atoms with Crippen molar-refractivity contribution >= 4 is 26.2 Å². The van der Waals surface area contributed by atoms with Crippen molar-refractivity contribution in [2.24, 2.45) is 23.7 Å². The van der Waals surface area contributed by atoms with Gasteiger partial charge in [-0.2, -0.15) is 0 Å². The van der Waals surface area contributed by atoms with Crippen LogP contribution in [0.1, 0.15) is 122 Å². The zero-order valence-electron chi connectivity index (χ0n) is 48.2. The Labute approximate surface area is 453 Å². The van der Waals surface area contributed by atoms with Crippen LogP contribution in [0.2, 0.25) is 18.1 Å². The second-order valence-electron chi connectivity index (χ2n) is 24.2. The Morgan fingerprint density at radius 3 is 2.20 bits per heavy atom. The van der Waals surface area contributed by atoms with Crippen LogP contribution in [-0.4, -0.2) is 156 Å². The highest BCUT2D eigenvalue weighted by atomic mass is 28.4. The molecule has 1 spiro atoms. The van der Waals surface area contributed by atoms with E-state index >= 15 is 0 Å². The number of methoxy groups -OCH3 is 2. The van der Waals surface area contributed by atoms with Crippen LogP contribution in [0.3, 0.4) is 0 Å². The summed E-state index contributed by atoms with van der Waals surface area (Å²) in [6, 6.07) is 0. The molecule has 1 amide bonds. The Morgan fingerprint density at radius 1 is 0.895 bits per heavy atom. The topological polar surface area (TPSA) is 194 Å². The van der Waals surface area contributed by atoms with Gasteiger partial charge < -0.3 is 67.0 Å². The van der Waals surface area contributed by atoms with E-state index in [1.165, 1.54) is 6.92 Å². The highest BCUT2D eigenvalue weighted by Crippen LogP contribution is 2.50. The molecule has 0 aromatic carbocycles. The molecule has 76 heavy (non-hydrogen) atoms. The van der Waals surface area contributed by atoms with E-state index in [0.717, 1.165) is 17.6 Å². The summed E-state index contributed by atoms with van der Waals surface area (Å²) >= 11 is 0. The average molecular weight is 1090 g/mol. The summed E-state index contributed by atoms with van der Waals surface area (Å²) in [5, 5.41) is 15.6. The minimum absolute atomic E-state index is 0.0949. The lowest BCUT2D eigenvalue weighted by atomic mass is 9.71. The average Bonchev–Trinajstić information content (AvgIpc) is 3.69. The van der Waals surface area contributed by atoms with Crippen molar-refractivity contribution in [3.8, 4) is 0 Å². The first-order chi connectivity index (χ1) is 35.7. The number of aliphatic hydroxyl groups is 1. The fourth-order valence-corrected chi connectivity index (χ4v) is 13.0. The number of ether oxygens (including phenoxy) is 11. The third-order valence-corrected chi connectivity index (χ3v) is 21.9. The number of allylic oxidation sites excluding steroid dienone is 2. The lowest BCUT2D eigenvalue weighted by Crippen LogP contribution is -2.60. The molecule has 4 fully saturated rings. The van der Waals surface area contributed by atoms with Gasteiger partial charge in [0.1, 0.15) is 42.5 Å². The van der Waals surface area contributed by atoms with Gasteiger partial charge in [0.2, 0.25) is 5.91 Å². The quantitative estimate of drug-likeness (QED) is 0.102. The van der Waals surface area contributed by atoms with Gasteiger partial charge in [0.25, 0.3) is 0 Å². The number of fused-ring (bicyclic) bond motifs is 2. The summed E-state index contributed by atoms with van der Waals surface area (Å²) in [6.07, 6.45) is 8.94. The number of carbonyl (C=O) groups excluding carboxylic acids is 3. The smallest absolute Gasteiger partial charge is 0.325 e. The number of rotatable bonds is 13. The van der Waals surface area contributed by atoms with Crippen molar-refractivity contribution in [2.75, 3.05) is 27.4 Å². The highest BCUT2D eigenvalue weighted by molar-refractivity contribution is 6.74. The first-order valence-corrected chi connectivity index (χ1v) is 30.7. The first-order valence-electron chi connectivity index (χ1n) is 27.8. The van der Waals surface area contributed by atoms with E-state index in [4.69, 9.17) is 56.5 Å². The molecule has 18 heteroatoms. The Kier molecular flexibility index (Phi) is 19.7. The molecule has 428 valence electrons. The van der Waals surface area contributed by atoms with Gasteiger partial charge in [0, 0.05) is 58.7 Å². The third kappa shape index (κ3) is 13.4. The van der Waals surface area contributed by atoms with Gasteiger partial charge in [-0.05, 0) is 81.0 Å². The van der Waals surface area contributed by atoms with E-state index in [-0.39, 0.29) is 54.4 Å². The van der Waals surface area contributed by atoms with Crippen molar-refractivity contribution in [1.29, 1.82) is 0 Å². The van der Waals surface area contributed by atoms with E-state index in [9.17, 15) is 19.5 Å². The van der Waals surface area contributed by atoms with Crippen molar-refractivity contribution in [2.45, 2.75) is 237 Å². The minimum atomic E-state index is -2.40. The van der Waals surface area contributed by atoms with Crippen LogP contribution < -0.4 is 5.32 Å². The molecule has 0 radical (unpaired) electrons. The van der Waals surface area contributed by atoms with Gasteiger partial charge in [-0.3, -0.25) is 14.4 Å². The van der Waals surface area contributed by atoms with Gasteiger partial charge in [0.15, 0.2) is 32.8 Å². The zero-order chi connectivity index (χ0) is 55.7. The van der Waals surface area contributed by atoms with Crippen LogP contribution in [0.25, 0.3) is 0 Å². The molecule has 0 saturated carbocycles. The van der Waals surface area contributed by atoms with E-state index < -0.39 is 117 Å². The zero-order valence-corrected chi connectivity index (χ0v) is 49.2. The second kappa shape index (κ2) is 24.7. The maximum atomic E-state index is 14.9. The van der Waals surface area contributed by atoms with Crippen LogP contribution in [0.4, 0.5) is 0 Å². The van der Waals surface area contributed by atoms with Crippen LogP contribution in [-0.2, 0) is 70.9 Å². The van der Waals surface area contributed by atoms with E-state index in [1.807, 2.05) is 44.2 Å². The number of esters is 2. The van der Waals surface area contributed by atoms with Gasteiger partial charge in [-0.25, -0.2) is 0 Å². The molecule has 0 aromatic rings. The Balaban J connectivity index is 1.17. The van der Waals surface area contributed by atoms with Gasteiger partial charge in [0.05, 0.1) is 49.3 Å². The van der Waals surface area contributed by atoms with Crippen LogP contribution >= 0.6 is 0 Å². The van der Waals surface area contributed by atoms with Crippen molar-refractivity contribution in [3.63, 3.8) is 0 Å². The summed E-state index contributed by atoms with van der Waals surface area (Å²) in [5.41, 5.74) is 0.566. The summed E-state index contributed by atoms with van der Waals surface area (Å²) in [6.45, 7) is 28.4. The number of hydrogen-bond acceptors (Lipinski definition) is 16. The molecule has 17 nitrogen and oxygen atoms in total. The second-order valence-corrected chi connectivity index (χ2v) is 28.9. The molecule has 6 heterocycles. The van der Waals surface area contributed by atoms with E-state index in [0.29, 0.717) is 31.3 Å². The van der Waals surface area contributed by atoms with Gasteiger partial charge in [-0.15, -0.1) is 0 Å². The fraction of sp³-hybridized carbons (Fsp3) is 0.776. The lowest BCUT2D eigenvalue weighted by molar-refractivity contribution is -0.319. The third-order valence-electron chi connectivity index (χ3n) is 17.4. The molecule has 4 saturated heterocycles. The molecule has 20 atom stereocenters. The molecule has 7 aliphatic rings. The van der Waals surface area contributed by atoms with Crippen LogP contribution in [0.15, 0.2) is 59.3 Å². The Bertz CT molecular complexity index is 2210. The summed E-state index contributed by atoms with van der Waals surface area (Å²) in [5.74, 6) is -3.47. The van der Waals surface area contributed by atoms with Crippen molar-refractivity contribution in [1.82, 2.24) is 5.32 Å². The lowest BCUT2D eigenvalue weighted by Gasteiger charge is -2.49. The normalized spacial score (nSPS) is 42.6. The van der Waals surface area contributed by atoms with Crippen LogP contribution in [0, 0.1) is 23.7 Å². The molecule has 1 aliphatic carbocycles. The van der Waals surface area contributed by atoms with Gasteiger partial charge in [-0.1, -0.05) is 91.3 Å². The summed E-state index contributed by atoms with van der Waals surface area (Å²) in [7, 11) is 0.784. The Morgan fingerprint density at radius 2 is 1.55 bits per heavy atom. The molecule has 2 N–H and O–H groups in total. The monoisotopic (exact) mass is 1090 g/mol. The molecule has 0 aromatic heterocycles. The molecule has 7 rings (SSSR count). The Hall–Kier alpha value is -3.11. The molecule has 2 bridgehead atoms. The molecular formula is C58H91NO16Si. The minimum Gasteiger partial charge on any atom is -0.462 e. The van der Waals surface area contributed by atoms with Gasteiger partial charge >= 0.3 is 11.9 Å². The maximum Gasteiger partial charge on any atom is 0.325 e. The summed E-state index contributed by atoms with van der Waals surface area (Å²) in [4.78, 5) is 38.8.